The van der Waals surface area contributed by atoms with Crippen LogP contribution in [0.25, 0.3) is 0 Å². The second kappa shape index (κ2) is 12.9. The maximum absolute atomic E-state index is 12.8. The van der Waals surface area contributed by atoms with Crippen LogP contribution in [0.5, 0.6) is 0 Å². The van der Waals surface area contributed by atoms with Gasteiger partial charge in [0.05, 0.1) is 5.57 Å². The van der Waals surface area contributed by atoms with E-state index in [1.165, 1.54) is 19.4 Å². The number of ether oxygens (including phenoxy) is 3. The van der Waals surface area contributed by atoms with Crippen LogP contribution in [0.4, 0.5) is 0 Å². The fourth-order valence-corrected chi connectivity index (χ4v) is 7.57. The third-order valence-electron chi connectivity index (χ3n) is 9.56. The van der Waals surface area contributed by atoms with Gasteiger partial charge < -0.3 is 19.5 Å². The molecule has 3 unspecified atom stereocenters. The average Bonchev–Trinajstić information content (AvgIpc) is 3.32. The molecule has 0 radical (unpaired) electrons. The smallest absolute Gasteiger partial charge is 0.335 e. The highest BCUT2D eigenvalue weighted by Gasteiger charge is 2.60. The number of rotatable bonds is 9. The predicted octanol–water partition coefficient (Wildman–Crippen LogP) is 5.88. The van der Waals surface area contributed by atoms with Crippen LogP contribution in [0.3, 0.4) is 0 Å². The minimum absolute atomic E-state index is 0. The standard InChI is InChI=1S/C32H43NO6.ClH/c1-20-12-13-28-31(5,16-14-29(39-23(4)35)32(28,6)19-38-22(3)34)26(20)18-27(25-15-17-37-30(25)36)33-21(2)24-10-8-7-9-11-24;/h7-11,15,21,26-29,33H,1,12-14,16-19H2,2-6H3;1H/t21?,26-,27?,28?,29-,31+,32+;/m1./s1. The molecule has 8 heteroatoms. The van der Waals surface area contributed by atoms with E-state index in [0.29, 0.717) is 25.0 Å². The van der Waals surface area contributed by atoms with Gasteiger partial charge in [-0.15, -0.1) is 12.4 Å². The van der Waals surface area contributed by atoms with E-state index in [2.05, 4.69) is 44.8 Å². The lowest BCUT2D eigenvalue weighted by atomic mass is 9.46. The Balaban J connectivity index is 0.00000441. The largest absolute Gasteiger partial charge is 0.465 e. The van der Waals surface area contributed by atoms with Gasteiger partial charge in [-0.25, -0.2) is 4.79 Å². The molecule has 7 nitrogen and oxygen atoms in total. The van der Waals surface area contributed by atoms with Crippen molar-refractivity contribution in [3.8, 4) is 0 Å². The van der Waals surface area contributed by atoms with E-state index in [-0.39, 0.29) is 72.4 Å². The van der Waals surface area contributed by atoms with Gasteiger partial charge in [0.2, 0.25) is 0 Å². The van der Waals surface area contributed by atoms with E-state index in [1.807, 2.05) is 24.3 Å². The molecule has 0 spiro atoms. The first-order valence-electron chi connectivity index (χ1n) is 14.1. The third-order valence-corrected chi connectivity index (χ3v) is 9.56. The van der Waals surface area contributed by atoms with Crippen molar-refractivity contribution in [1.29, 1.82) is 0 Å². The van der Waals surface area contributed by atoms with Crippen molar-refractivity contribution in [1.82, 2.24) is 5.32 Å². The molecular formula is C32H44ClNO6. The van der Waals surface area contributed by atoms with Gasteiger partial charge in [0.1, 0.15) is 19.3 Å². The Morgan fingerprint density at radius 2 is 1.85 bits per heavy atom. The summed E-state index contributed by atoms with van der Waals surface area (Å²) in [6, 6.07) is 10.0. The number of halogens is 1. The summed E-state index contributed by atoms with van der Waals surface area (Å²) in [5.74, 6) is -0.683. The maximum Gasteiger partial charge on any atom is 0.335 e. The molecule has 2 saturated carbocycles. The average molecular weight is 574 g/mol. The van der Waals surface area contributed by atoms with E-state index < -0.39 is 5.41 Å². The molecule has 1 aromatic carbocycles. The molecule has 0 amide bonds. The summed E-state index contributed by atoms with van der Waals surface area (Å²) in [6.45, 7) is 14.4. The van der Waals surface area contributed by atoms with Crippen molar-refractivity contribution >= 4 is 30.3 Å². The highest BCUT2D eigenvalue weighted by molar-refractivity contribution is 5.91. The minimum Gasteiger partial charge on any atom is -0.465 e. The fraction of sp³-hybridized carbons (Fsp3) is 0.594. The topological polar surface area (TPSA) is 90.9 Å². The van der Waals surface area contributed by atoms with Crippen LogP contribution in [-0.4, -0.2) is 43.3 Å². The number of allylic oxidation sites excluding steroid dienone is 1. The summed E-state index contributed by atoms with van der Waals surface area (Å²) in [5.41, 5.74) is 2.29. The lowest BCUT2D eigenvalue weighted by Crippen LogP contribution is -2.59. The second-order valence-electron chi connectivity index (χ2n) is 12.1. The zero-order chi connectivity index (χ0) is 28.4. The van der Waals surface area contributed by atoms with Crippen molar-refractivity contribution in [2.45, 2.75) is 84.9 Å². The fourth-order valence-electron chi connectivity index (χ4n) is 7.57. The van der Waals surface area contributed by atoms with Gasteiger partial charge in [-0.3, -0.25) is 9.59 Å². The number of cyclic esters (lactones) is 1. The Bertz CT molecular complexity index is 1140. The Morgan fingerprint density at radius 1 is 1.15 bits per heavy atom. The van der Waals surface area contributed by atoms with Crippen molar-refractivity contribution in [2.75, 3.05) is 13.2 Å². The first kappa shape index (κ1) is 31.9. The van der Waals surface area contributed by atoms with Crippen LogP contribution in [0, 0.1) is 22.7 Å². The molecular weight excluding hydrogens is 530 g/mol. The number of carbonyl (C=O) groups is 3. The van der Waals surface area contributed by atoms with E-state index in [1.54, 1.807) is 0 Å². The van der Waals surface area contributed by atoms with E-state index in [9.17, 15) is 14.4 Å². The second-order valence-corrected chi connectivity index (χ2v) is 12.1. The molecule has 7 atom stereocenters. The number of esters is 3. The zero-order valence-corrected chi connectivity index (χ0v) is 25.2. The zero-order valence-electron chi connectivity index (χ0n) is 24.4. The van der Waals surface area contributed by atoms with E-state index >= 15 is 0 Å². The number of hydrogen-bond donors (Lipinski definition) is 1. The van der Waals surface area contributed by atoms with Gasteiger partial charge in [-0.1, -0.05) is 56.3 Å². The number of nitrogens with one attached hydrogen (secondary N) is 1. The molecule has 0 saturated heterocycles. The molecule has 2 aliphatic carbocycles. The van der Waals surface area contributed by atoms with Crippen LogP contribution in [0.1, 0.15) is 78.3 Å². The van der Waals surface area contributed by atoms with Crippen molar-refractivity contribution < 1.29 is 28.6 Å². The molecule has 220 valence electrons. The first-order chi connectivity index (χ1) is 18.5. The predicted molar refractivity (Wildman–Crippen MR) is 156 cm³/mol. The highest BCUT2D eigenvalue weighted by Crippen LogP contribution is 2.62. The minimum atomic E-state index is -0.533. The third kappa shape index (κ3) is 6.46. The Labute approximate surface area is 244 Å². The summed E-state index contributed by atoms with van der Waals surface area (Å²) in [5, 5.41) is 3.73. The summed E-state index contributed by atoms with van der Waals surface area (Å²) in [4.78, 5) is 36.7. The highest BCUT2D eigenvalue weighted by atomic mass is 35.5. The Hall–Kier alpha value is -2.64. The lowest BCUT2D eigenvalue weighted by molar-refractivity contribution is -0.191. The molecule has 0 bridgehead atoms. The number of carbonyl (C=O) groups excluding carboxylic acids is 3. The van der Waals surface area contributed by atoms with Crippen LogP contribution in [0.2, 0.25) is 0 Å². The molecule has 1 aliphatic heterocycles. The van der Waals surface area contributed by atoms with Crippen molar-refractivity contribution in [3.63, 3.8) is 0 Å². The van der Waals surface area contributed by atoms with Crippen LogP contribution in [0.15, 0.2) is 54.1 Å². The Kier molecular flexibility index (Phi) is 10.3. The van der Waals surface area contributed by atoms with Gasteiger partial charge in [0.15, 0.2) is 0 Å². The van der Waals surface area contributed by atoms with Gasteiger partial charge in [-0.05, 0) is 67.9 Å². The van der Waals surface area contributed by atoms with Crippen LogP contribution in [-0.2, 0) is 28.6 Å². The van der Waals surface area contributed by atoms with Gasteiger partial charge in [0.25, 0.3) is 0 Å². The van der Waals surface area contributed by atoms with E-state index in [0.717, 1.165) is 24.8 Å². The molecule has 4 rings (SSSR count). The summed E-state index contributed by atoms with van der Waals surface area (Å²) in [7, 11) is 0. The molecule has 1 N–H and O–H groups in total. The van der Waals surface area contributed by atoms with E-state index in [4.69, 9.17) is 14.2 Å². The SMILES string of the molecule is C=C1CCC2[C@](C)(COC(C)=O)[C@H](OC(C)=O)CC[C@@]2(C)[C@@H]1CC(NC(C)c1ccccc1)C1=CCOC1=O.Cl. The first-order valence-corrected chi connectivity index (χ1v) is 14.1. The van der Waals surface area contributed by atoms with Gasteiger partial charge in [-0.2, -0.15) is 0 Å². The quantitative estimate of drug-likeness (QED) is 0.224. The molecule has 40 heavy (non-hydrogen) atoms. The van der Waals surface area contributed by atoms with Crippen molar-refractivity contribution in [3.05, 3.63) is 59.7 Å². The summed E-state index contributed by atoms with van der Waals surface area (Å²) < 4.78 is 16.8. The summed E-state index contributed by atoms with van der Waals surface area (Å²) >= 11 is 0. The maximum atomic E-state index is 12.8. The summed E-state index contributed by atoms with van der Waals surface area (Å²) in [6.07, 6.45) is 5.50. The molecule has 2 fully saturated rings. The number of benzene rings is 1. The molecule has 1 heterocycles. The van der Waals surface area contributed by atoms with Gasteiger partial charge in [0, 0.05) is 31.3 Å². The van der Waals surface area contributed by atoms with Crippen molar-refractivity contribution in [2.24, 2.45) is 22.7 Å². The molecule has 0 aromatic heterocycles. The number of fused-ring (bicyclic) bond motifs is 1. The van der Waals surface area contributed by atoms with Gasteiger partial charge >= 0.3 is 17.9 Å². The monoisotopic (exact) mass is 573 g/mol. The number of hydrogen-bond acceptors (Lipinski definition) is 7. The Morgan fingerprint density at radius 3 is 2.45 bits per heavy atom. The lowest BCUT2D eigenvalue weighted by Gasteiger charge is -2.60. The molecule has 3 aliphatic rings. The van der Waals surface area contributed by atoms with Crippen LogP contribution < -0.4 is 5.32 Å². The molecule has 1 aromatic rings. The van der Waals surface area contributed by atoms with Crippen LogP contribution >= 0.6 is 12.4 Å². The normalized spacial score (nSPS) is 31.1.